The fourth-order valence-corrected chi connectivity index (χ4v) is 4.22. The lowest BCUT2D eigenvalue weighted by Crippen LogP contribution is -2.34. The molecule has 0 fully saturated rings. The topological polar surface area (TPSA) is 0 Å². The van der Waals surface area contributed by atoms with Gasteiger partial charge in [0, 0.05) is 5.92 Å². The molecule has 0 heteroatoms. The van der Waals surface area contributed by atoms with Gasteiger partial charge in [0.2, 0.25) is 0 Å². The summed E-state index contributed by atoms with van der Waals surface area (Å²) in [6.07, 6.45) is 6.88. The van der Waals surface area contributed by atoms with Crippen LogP contribution in [-0.2, 0) is 17.3 Å². The number of benzene rings is 2. The van der Waals surface area contributed by atoms with E-state index in [9.17, 15) is 0 Å². The van der Waals surface area contributed by atoms with E-state index in [4.69, 9.17) is 0 Å². The van der Waals surface area contributed by atoms with Crippen molar-refractivity contribution in [1.29, 1.82) is 0 Å². The molecule has 0 bridgehead atoms. The zero-order chi connectivity index (χ0) is 18.1. The van der Waals surface area contributed by atoms with Crippen LogP contribution in [0.5, 0.6) is 0 Å². The van der Waals surface area contributed by atoms with Gasteiger partial charge in [0.25, 0.3) is 0 Å². The first-order chi connectivity index (χ1) is 11.8. The van der Waals surface area contributed by atoms with Gasteiger partial charge in [-0.1, -0.05) is 82.3 Å². The molecule has 0 amide bonds. The minimum Gasteiger partial charge on any atom is -0.102 e. The Kier molecular flexibility index (Phi) is 4.91. The molecular formula is C25H32. The predicted octanol–water partition coefficient (Wildman–Crippen LogP) is 6.94. The van der Waals surface area contributed by atoms with E-state index >= 15 is 0 Å². The van der Waals surface area contributed by atoms with Gasteiger partial charge in [0.1, 0.15) is 0 Å². The van der Waals surface area contributed by atoms with Gasteiger partial charge in [-0.3, -0.25) is 0 Å². The second-order valence-corrected chi connectivity index (χ2v) is 8.94. The zero-order valence-corrected chi connectivity index (χ0v) is 16.3. The van der Waals surface area contributed by atoms with E-state index in [1.165, 1.54) is 24.0 Å². The first kappa shape index (κ1) is 18.0. The quantitative estimate of drug-likeness (QED) is 0.520. The second kappa shape index (κ2) is 6.83. The minimum absolute atomic E-state index is 0.270. The highest BCUT2D eigenvalue weighted by atomic mass is 14.4. The molecule has 0 radical (unpaired) electrons. The van der Waals surface area contributed by atoms with E-state index in [0.717, 1.165) is 12.8 Å². The van der Waals surface area contributed by atoms with Crippen molar-refractivity contribution in [2.45, 2.75) is 70.1 Å². The summed E-state index contributed by atoms with van der Waals surface area (Å²) in [4.78, 5) is 0. The molecule has 0 saturated heterocycles. The summed E-state index contributed by atoms with van der Waals surface area (Å²) >= 11 is 0. The van der Waals surface area contributed by atoms with Gasteiger partial charge >= 0.3 is 0 Å². The number of rotatable bonds is 5. The summed E-state index contributed by atoms with van der Waals surface area (Å²) < 4.78 is 0. The monoisotopic (exact) mass is 332 g/mol. The largest absolute Gasteiger partial charge is 0.102 e. The highest BCUT2D eigenvalue weighted by Gasteiger charge is 2.37. The van der Waals surface area contributed by atoms with Gasteiger partial charge in [0.05, 0.1) is 0 Å². The van der Waals surface area contributed by atoms with Crippen LogP contribution in [0.1, 0.15) is 75.1 Å². The first-order valence-electron chi connectivity index (χ1n) is 9.65. The number of aryl methyl sites for hydroxylation is 1. The van der Waals surface area contributed by atoms with Gasteiger partial charge in [-0.2, -0.15) is 0 Å². The van der Waals surface area contributed by atoms with Crippen LogP contribution < -0.4 is 0 Å². The Morgan fingerprint density at radius 3 is 2.20 bits per heavy atom. The smallest absolute Gasteiger partial charge is 0.00185 e. The van der Waals surface area contributed by atoms with E-state index in [2.05, 4.69) is 88.9 Å². The average molecular weight is 333 g/mol. The van der Waals surface area contributed by atoms with E-state index in [1.807, 2.05) is 0 Å². The van der Waals surface area contributed by atoms with Crippen LogP contribution in [0.15, 0.2) is 61.2 Å². The lowest BCUT2D eigenvalue weighted by molar-refractivity contribution is 0.331. The number of hydrogen-bond acceptors (Lipinski definition) is 0. The Balaban J connectivity index is 1.88. The minimum atomic E-state index is 0.270. The van der Waals surface area contributed by atoms with Crippen molar-refractivity contribution < 1.29 is 0 Å². The lowest BCUT2D eigenvalue weighted by Gasteiger charge is -2.42. The van der Waals surface area contributed by atoms with E-state index < -0.39 is 0 Å². The SMILES string of the molecule is C=CC(CCc1ccccc1)c1ccc2c(c1)C(C)(C)CCC2(C)C. The predicted molar refractivity (Wildman–Crippen MR) is 109 cm³/mol. The van der Waals surface area contributed by atoms with E-state index in [0.29, 0.717) is 5.92 Å². The maximum Gasteiger partial charge on any atom is 0.00185 e. The Morgan fingerprint density at radius 2 is 1.56 bits per heavy atom. The Bertz CT molecular complexity index is 734. The van der Waals surface area contributed by atoms with Crippen molar-refractivity contribution in [3.05, 3.63) is 83.4 Å². The number of hydrogen-bond donors (Lipinski definition) is 0. The van der Waals surface area contributed by atoms with Gasteiger partial charge in [-0.25, -0.2) is 0 Å². The first-order valence-corrected chi connectivity index (χ1v) is 9.65. The van der Waals surface area contributed by atoms with Crippen molar-refractivity contribution in [1.82, 2.24) is 0 Å². The van der Waals surface area contributed by atoms with Crippen molar-refractivity contribution >= 4 is 0 Å². The van der Waals surface area contributed by atoms with Crippen LogP contribution >= 0.6 is 0 Å². The molecule has 132 valence electrons. The fourth-order valence-electron chi connectivity index (χ4n) is 4.22. The zero-order valence-electron chi connectivity index (χ0n) is 16.3. The Hall–Kier alpha value is -1.82. The molecule has 0 aromatic heterocycles. The number of allylic oxidation sites excluding steroid dienone is 1. The average Bonchev–Trinajstić information content (AvgIpc) is 2.60. The molecule has 0 aliphatic heterocycles. The van der Waals surface area contributed by atoms with Crippen LogP contribution in [0.4, 0.5) is 0 Å². The van der Waals surface area contributed by atoms with Crippen molar-refractivity contribution in [3.63, 3.8) is 0 Å². The van der Waals surface area contributed by atoms with Crippen LogP contribution in [0.3, 0.4) is 0 Å². The summed E-state index contributed by atoms with van der Waals surface area (Å²) in [5.41, 5.74) is 6.48. The third-order valence-electron chi connectivity index (χ3n) is 6.18. The molecule has 2 aromatic rings. The van der Waals surface area contributed by atoms with Gasteiger partial charge in [0.15, 0.2) is 0 Å². The summed E-state index contributed by atoms with van der Waals surface area (Å²) in [6, 6.07) is 18.0. The van der Waals surface area contributed by atoms with Gasteiger partial charge in [-0.15, -0.1) is 6.58 Å². The molecule has 1 aliphatic carbocycles. The summed E-state index contributed by atoms with van der Waals surface area (Å²) in [5.74, 6) is 0.423. The maximum absolute atomic E-state index is 4.13. The summed E-state index contributed by atoms with van der Waals surface area (Å²) in [5, 5.41) is 0. The van der Waals surface area contributed by atoms with Crippen molar-refractivity contribution in [2.75, 3.05) is 0 Å². The molecule has 0 N–H and O–H groups in total. The highest BCUT2D eigenvalue weighted by molar-refractivity contribution is 5.45. The Morgan fingerprint density at radius 1 is 0.920 bits per heavy atom. The molecule has 1 unspecified atom stereocenters. The molecule has 0 nitrogen and oxygen atoms in total. The summed E-state index contributed by atoms with van der Waals surface area (Å²) in [6.45, 7) is 13.7. The lowest BCUT2D eigenvalue weighted by atomic mass is 9.62. The highest BCUT2D eigenvalue weighted by Crippen LogP contribution is 2.46. The Labute approximate surface area is 154 Å². The van der Waals surface area contributed by atoms with Crippen LogP contribution in [0.25, 0.3) is 0 Å². The molecule has 0 heterocycles. The maximum atomic E-state index is 4.13. The molecule has 2 aromatic carbocycles. The van der Waals surface area contributed by atoms with Crippen LogP contribution in [0.2, 0.25) is 0 Å². The summed E-state index contributed by atoms with van der Waals surface area (Å²) in [7, 11) is 0. The van der Waals surface area contributed by atoms with E-state index in [-0.39, 0.29) is 10.8 Å². The molecule has 3 rings (SSSR count). The fraction of sp³-hybridized carbons (Fsp3) is 0.440. The molecule has 0 spiro atoms. The normalized spacial score (nSPS) is 19.0. The molecule has 25 heavy (non-hydrogen) atoms. The van der Waals surface area contributed by atoms with Crippen molar-refractivity contribution in [2.24, 2.45) is 0 Å². The molecule has 0 saturated carbocycles. The molecule has 1 atom stereocenters. The van der Waals surface area contributed by atoms with Crippen LogP contribution in [0, 0.1) is 0 Å². The number of fused-ring (bicyclic) bond motifs is 1. The van der Waals surface area contributed by atoms with Gasteiger partial charge < -0.3 is 0 Å². The third-order valence-corrected chi connectivity index (χ3v) is 6.18. The molecule has 1 aliphatic rings. The van der Waals surface area contributed by atoms with Crippen molar-refractivity contribution in [3.8, 4) is 0 Å². The third kappa shape index (κ3) is 3.73. The van der Waals surface area contributed by atoms with Gasteiger partial charge in [-0.05, 0) is 58.8 Å². The standard InChI is InChI=1S/C25H32/c1-6-20(13-12-19-10-8-7-9-11-19)21-14-15-22-23(18-21)25(4,5)17-16-24(22,2)3/h6-11,14-15,18,20H,1,12-13,16-17H2,2-5H3. The van der Waals surface area contributed by atoms with Crippen LogP contribution in [-0.4, -0.2) is 0 Å². The van der Waals surface area contributed by atoms with E-state index in [1.54, 1.807) is 11.1 Å². The molecular weight excluding hydrogens is 300 g/mol. The second-order valence-electron chi connectivity index (χ2n) is 8.94.